The standard InChI is InChI=1S/C20H19N3O2S/c1-13-3-7-16(8-4-13)18-12-26-20(22-18)23-19(25)11-15-5-9-17(10-6-15)21-14(2)24/h3-10,12H,11H2,1-2H3,(H,21,24)(H,22,23,25). The Bertz CT molecular complexity index is 915. The predicted molar refractivity (Wildman–Crippen MR) is 105 cm³/mol. The zero-order chi connectivity index (χ0) is 18.5. The van der Waals surface area contributed by atoms with Gasteiger partial charge in [0.05, 0.1) is 12.1 Å². The number of anilines is 2. The number of benzene rings is 2. The fourth-order valence-corrected chi connectivity index (χ4v) is 3.18. The maximum atomic E-state index is 12.2. The van der Waals surface area contributed by atoms with E-state index < -0.39 is 0 Å². The molecular formula is C20H19N3O2S. The molecule has 0 saturated heterocycles. The molecule has 3 aromatic rings. The highest BCUT2D eigenvalue weighted by atomic mass is 32.1. The first-order chi connectivity index (χ1) is 12.5. The van der Waals surface area contributed by atoms with E-state index in [4.69, 9.17) is 0 Å². The fourth-order valence-electron chi connectivity index (χ4n) is 2.45. The van der Waals surface area contributed by atoms with Gasteiger partial charge in [-0.05, 0) is 24.6 Å². The van der Waals surface area contributed by atoms with Gasteiger partial charge in [0.15, 0.2) is 5.13 Å². The van der Waals surface area contributed by atoms with Gasteiger partial charge < -0.3 is 10.6 Å². The van der Waals surface area contributed by atoms with E-state index in [-0.39, 0.29) is 18.2 Å². The molecule has 1 heterocycles. The van der Waals surface area contributed by atoms with Gasteiger partial charge in [-0.15, -0.1) is 11.3 Å². The maximum Gasteiger partial charge on any atom is 0.230 e. The summed E-state index contributed by atoms with van der Waals surface area (Å²) in [7, 11) is 0. The van der Waals surface area contributed by atoms with Crippen molar-refractivity contribution in [2.45, 2.75) is 20.3 Å². The molecule has 0 radical (unpaired) electrons. The van der Waals surface area contributed by atoms with Crippen LogP contribution >= 0.6 is 11.3 Å². The number of carbonyl (C=O) groups excluding carboxylic acids is 2. The fraction of sp³-hybridized carbons (Fsp3) is 0.150. The number of amides is 2. The molecule has 5 nitrogen and oxygen atoms in total. The molecule has 0 aliphatic heterocycles. The van der Waals surface area contributed by atoms with Crippen LogP contribution in [-0.4, -0.2) is 16.8 Å². The van der Waals surface area contributed by atoms with Crippen LogP contribution in [0.4, 0.5) is 10.8 Å². The number of carbonyl (C=O) groups is 2. The van der Waals surface area contributed by atoms with Gasteiger partial charge >= 0.3 is 0 Å². The Balaban J connectivity index is 1.60. The number of hydrogen-bond acceptors (Lipinski definition) is 4. The first-order valence-corrected chi connectivity index (χ1v) is 9.06. The number of rotatable bonds is 5. The molecule has 0 unspecified atom stereocenters. The molecule has 0 saturated carbocycles. The molecule has 132 valence electrons. The molecule has 0 aliphatic carbocycles. The van der Waals surface area contributed by atoms with Crippen LogP contribution in [0.1, 0.15) is 18.1 Å². The molecule has 2 aromatic carbocycles. The second-order valence-electron chi connectivity index (χ2n) is 6.01. The Morgan fingerprint density at radius 3 is 2.35 bits per heavy atom. The summed E-state index contributed by atoms with van der Waals surface area (Å²) >= 11 is 1.41. The third-order valence-corrected chi connectivity index (χ3v) is 4.49. The van der Waals surface area contributed by atoms with Gasteiger partial charge in [-0.1, -0.05) is 42.0 Å². The van der Waals surface area contributed by atoms with Gasteiger partial charge in [0, 0.05) is 23.6 Å². The van der Waals surface area contributed by atoms with Crippen LogP contribution in [0.15, 0.2) is 53.9 Å². The van der Waals surface area contributed by atoms with Crippen molar-refractivity contribution in [3.63, 3.8) is 0 Å². The summed E-state index contributed by atoms with van der Waals surface area (Å²) in [5, 5.41) is 8.05. The average molecular weight is 365 g/mol. The summed E-state index contributed by atoms with van der Waals surface area (Å²) in [5.41, 5.74) is 4.66. The van der Waals surface area contributed by atoms with Crippen molar-refractivity contribution in [2.24, 2.45) is 0 Å². The molecule has 0 aliphatic rings. The lowest BCUT2D eigenvalue weighted by molar-refractivity contribution is -0.116. The second kappa shape index (κ2) is 7.93. The van der Waals surface area contributed by atoms with E-state index in [1.165, 1.54) is 23.8 Å². The normalized spacial score (nSPS) is 10.4. The first-order valence-electron chi connectivity index (χ1n) is 8.18. The van der Waals surface area contributed by atoms with E-state index in [9.17, 15) is 9.59 Å². The van der Waals surface area contributed by atoms with Crippen LogP contribution in [0.3, 0.4) is 0 Å². The van der Waals surface area contributed by atoms with Crippen molar-refractivity contribution in [1.82, 2.24) is 4.98 Å². The van der Waals surface area contributed by atoms with Crippen molar-refractivity contribution < 1.29 is 9.59 Å². The van der Waals surface area contributed by atoms with Crippen LogP contribution in [-0.2, 0) is 16.0 Å². The van der Waals surface area contributed by atoms with E-state index in [0.29, 0.717) is 10.8 Å². The summed E-state index contributed by atoms with van der Waals surface area (Å²) in [6.45, 7) is 3.50. The topological polar surface area (TPSA) is 71.1 Å². The first kappa shape index (κ1) is 17.8. The third-order valence-electron chi connectivity index (χ3n) is 3.74. The van der Waals surface area contributed by atoms with Gasteiger partial charge in [0.1, 0.15) is 0 Å². The lowest BCUT2D eigenvalue weighted by Gasteiger charge is -2.05. The van der Waals surface area contributed by atoms with E-state index in [0.717, 1.165) is 16.8 Å². The summed E-state index contributed by atoms with van der Waals surface area (Å²) in [6, 6.07) is 15.3. The van der Waals surface area contributed by atoms with Crippen LogP contribution in [0.25, 0.3) is 11.3 Å². The summed E-state index contributed by atoms with van der Waals surface area (Å²) < 4.78 is 0. The minimum atomic E-state index is -0.123. The van der Waals surface area contributed by atoms with Crippen LogP contribution < -0.4 is 10.6 Å². The summed E-state index contributed by atoms with van der Waals surface area (Å²) in [6.07, 6.45) is 0.250. The van der Waals surface area contributed by atoms with E-state index in [1.54, 1.807) is 12.1 Å². The molecule has 3 rings (SSSR count). The molecule has 0 bridgehead atoms. The number of nitrogens with one attached hydrogen (secondary N) is 2. The minimum Gasteiger partial charge on any atom is -0.326 e. The smallest absolute Gasteiger partial charge is 0.230 e. The molecule has 0 atom stereocenters. The van der Waals surface area contributed by atoms with Crippen molar-refractivity contribution in [2.75, 3.05) is 10.6 Å². The van der Waals surface area contributed by atoms with Crippen molar-refractivity contribution in [3.05, 3.63) is 65.0 Å². The van der Waals surface area contributed by atoms with Crippen LogP contribution in [0, 0.1) is 6.92 Å². The van der Waals surface area contributed by atoms with Gasteiger partial charge in [0.25, 0.3) is 0 Å². The third kappa shape index (κ3) is 4.77. The molecule has 2 N–H and O–H groups in total. The molecule has 6 heteroatoms. The van der Waals surface area contributed by atoms with Crippen LogP contribution in [0.2, 0.25) is 0 Å². The van der Waals surface area contributed by atoms with E-state index in [1.807, 2.05) is 48.7 Å². The maximum absolute atomic E-state index is 12.2. The minimum absolute atomic E-state index is 0.122. The van der Waals surface area contributed by atoms with Gasteiger partial charge in [-0.25, -0.2) is 4.98 Å². The van der Waals surface area contributed by atoms with Gasteiger partial charge in [-0.3, -0.25) is 9.59 Å². The lowest BCUT2D eigenvalue weighted by Crippen LogP contribution is -2.14. The Morgan fingerprint density at radius 1 is 1.00 bits per heavy atom. The highest BCUT2D eigenvalue weighted by molar-refractivity contribution is 7.14. The van der Waals surface area contributed by atoms with Crippen molar-refractivity contribution in [3.8, 4) is 11.3 Å². The monoisotopic (exact) mass is 365 g/mol. The highest BCUT2D eigenvalue weighted by Gasteiger charge is 2.09. The van der Waals surface area contributed by atoms with E-state index in [2.05, 4.69) is 15.6 Å². The Labute approximate surface area is 156 Å². The molecule has 1 aromatic heterocycles. The number of hydrogen-bond donors (Lipinski definition) is 2. The molecular weight excluding hydrogens is 346 g/mol. The Hall–Kier alpha value is -2.99. The number of aromatic nitrogens is 1. The summed E-state index contributed by atoms with van der Waals surface area (Å²) in [4.78, 5) is 27.7. The predicted octanol–water partition coefficient (Wildman–Crippen LogP) is 4.26. The second-order valence-corrected chi connectivity index (χ2v) is 6.87. The average Bonchev–Trinajstić information content (AvgIpc) is 3.05. The Kier molecular flexibility index (Phi) is 5.43. The molecule has 26 heavy (non-hydrogen) atoms. The van der Waals surface area contributed by atoms with Gasteiger partial charge in [0.2, 0.25) is 11.8 Å². The zero-order valence-electron chi connectivity index (χ0n) is 14.6. The van der Waals surface area contributed by atoms with Crippen LogP contribution in [0.5, 0.6) is 0 Å². The Morgan fingerprint density at radius 2 is 1.69 bits per heavy atom. The number of nitrogens with zero attached hydrogens (tertiary/aromatic N) is 1. The zero-order valence-corrected chi connectivity index (χ0v) is 15.4. The van der Waals surface area contributed by atoms with Crippen molar-refractivity contribution in [1.29, 1.82) is 0 Å². The SMILES string of the molecule is CC(=O)Nc1ccc(CC(=O)Nc2nc(-c3ccc(C)cc3)cs2)cc1. The number of thiazole rings is 1. The molecule has 0 spiro atoms. The van der Waals surface area contributed by atoms with Crippen molar-refractivity contribution >= 4 is 34.0 Å². The largest absolute Gasteiger partial charge is 0.326 e. The summed E-state index contributed by atoms with van der Waals surface area (Å²) in [5.74, 6) is -0.245. The quantitative estimate of drug-likeness (QED) is 0.710. The molecule has 0 fully saturated rings. The molecule has 2 amide bonds. The van der Waals surface area contributed by atoms with Gasteiger partial charge in [-0.2, -0.15) is 0 Å². The lowest BCUT2D eigenvalue weighted by atomic mass is 10.1. The number of aryl methyl sites for hydroxylation is 1. The highest BCUT2D eigenvalue weighted by Crippen LogP contribution is 2.25. The van der Waals surface area contributed by atoms with E-state index >= 15 is 0 Å².